The lowest BCUT2D eigenvalue weighted by molar-refractivity contribution is -0.120. The van der Waals surface area contributed by atoms with Crippen molar-refractivity contribution < 1.29 is 13.9 Å². The Hall–Kier alpha value is -1.66. The number of methoxy groups -OCH3 is 1. The van der Waals surface area contributed by atoms with E-state index >= 15 is 0 Å². The van der Waals surface area contributed by atoms with E-state index in [0.29, 0.717) is 12.1 Å². The summed E-state index contributed by atoms with van der Waals surface area (Å²) >= 11 is 0. The van der Waals surface area contributed by atoms with Crippen molar-refractivity contribution in [2.45, 2.75) is 19.8 Å². The molecule has 0 aliphatic carbocycles. The molecule has 0 bridgehead atoms. The minimum atomic E-state index is -0.436. The van der Waals surface area contributed by atoms with Crippen LogP contribution in [0.15, 0.2) is 18.2 Å². The van der Waals surface area contributed by atoms with Gasteiger partial charge in [0.25, 0.3) is 0 Å². The first-order valence-corrected chi connectivity index (χ1v) is 8.66. The Morgan fingerprint density at radius 3 is 2.58 bits per heavy atom. The monoisotopic (exact) mass is 337 g/mol. The lowest BCUT2D eigenvalue weighted by atomic mass is 10.1. The number of carbonyl (C=O) groups excluding carboxylic acids is 1. The van der Waals surface area contributed by atoms with Crippen molar-refractivity contribution in [3.8, 4) is 5.75 Å². The maximum absolute atomic E-state index is 13.6. The molecule has 134 valence electrons. The largest absolute Gasteiger partial charge is 0.494 e. The van der Waals surface area contributed by atoms with Crippen molar-refractivity contribution in [2.24, 2.45) is 0 Å². The summed E-state index contributed by atoms with van der Waals surface area (Å²) in [4.78, 5) is 16.8. The summed E-state index contributed by atoms with van der Waals surface area (Å²) in [5.74, 6) is -0.313. The zero-order chi connectivity index (χ0) is 17.4. The van der Waals surface area contributed by atoms with Crippen LogP contribution in [0.1, 0.15) is 18.9 Å². The molecule has 0 atom stereocenters. The number of carbonyl (C=O) groups is 1. The van der Waals surface area contributed by atoms with E-state index in [2.05, 4.69) is 22.0 Å². The molecular weight excluding hydrogens is 309 g/mol. The first-order chi connectivity index (χ1) is 11.6. The molecule has 24 heavy (non-hydrogen) atoms. The zero-order valence-electron chi connectivity index (χ0n) is 14.7. The Balaban J connectivity index is 1.62. The fourth-order valence-electron chi connectivity index (χ4n) is 2.93. The quantitative estimate of drug-likeness (QED) is 0.731. The number of hydrogen-bond acceptors (Lipinski definition) is 4. The SMILES string of the molecule is CCN1CCN(CCCNC(=O)Cc2ccc(OC)c(F)c2)CC1. The van der Waals surface area contributed by atoms with Crippen molar-refractivity contribution in [2.75, 3.05) is 52.9 Å². The van der Waals surface area contributed by atoms with Crippen LogP contribution in [0.5, 0.6) is 5.75 Å². The molecule has 0 spiro atoms. The number of amides is 1. The second kappa shape index (κ2) is 9.59. The lowest BCUT2D eigenvalue weighted by Gasteiger charge is -2.33. The normalized spacial score (nSPS) is 16.1. The van der Waals surface area contributed by atoms with Crippen molar-refractivity contribution >= 4 is 5.91 Å². The number of likely N-dealkylation sites (N-methyl/N-ethyl adjacent to an activating group) is 1. The molecule has 1 amide bonds. The van der Waals surface area contributed by atoms with E-state index in [1.807, 2.05) is 0 Å². The number of hydrogen-bond donors (Lipinski definition) is 1. The first kappa shape index (κ1) is 18.7. The van der Waals surface area contributed by atoms with Gasteiger partial charge in [0.1, 0.15) is 0 Å². The molecule has 1 fully saturated rings. The average Bonchev–Trinajstić information content (AvgIpc) is 2.59. The Morgan fingerprint density at radius 2 is 1.96 bits per heavy atom. The Kier molecular flexibility index (Phi) is 7.46. The van der Waals surface area contributed by atoms with E-state index in [9.17, 15) is 9.18 Å². The smallest absolute Gasteiger partial charge is 0.224 e. The number of nitrogens with zero attached hydrogens (tertiary/aromatic N) is 2. The maximum atomic E-state index is 13.6. The summed E-state index contributed by atoms with van der Waals surface area (Å²) in [6.45, 7) is 9.45. The van der Waals surface area contributed by atoms with Crippen molar-refractivity contribution in [3.05, 3.63) is 29.6 Å². The predicted octanol–water partition coefficient (Wildman–Crippen LogP) is 1.52. The molecular formula is C18H28FN3O2. The molecule has 0 radical (unpaired) electrons. The molecule has 0 aromatic heterocycles. The summed E-state index contributed by atoms with van der Waals surface area (Å²) in [7, 11) is 1.42. The van der Waals surface area contributed by atoms with Gasteiger partial charge in [-0.15, -0.1) is 0 Å². The van der Waals surface area contributed by atoms with Crippen molar-refractivity contribution in [3.63, 3.8) is 0 Å². The van der Waals surface area contributed by atoms with Gasteiger partial charge in [-0.25, -0.2) is 4.39 Å². The van der Waals surface area contributed by atoms with Crippen LogP contribution in [-0.2, 0) is 11.2 Å². The maximum Gasteiger partial charge on any atom is 0.224 e. The highest BCUT2D eigenvalue weighted by Gasteiger charge is 2.14. The van der Waals surface area contributed by atoms with E-state index in [4.69, 9.17) is 4.74 Å². The molecule has 1 heterocycles. The van der Waals surface area contributed by atoms with E-state index in [0.717, 1.165) is 45.7 Å². The van der Waals surface area contributed by atoms with Crippen LogP contribution in [0.25, 0.3) is 0 Å². The highest BCUT2D eigenvalue weighted by molar-refractivity contribution is 5.78. The topological polar surface area (TPSA) is 44.8 Å². The molecule has 1 aliphatic heterocycles. The molecule has 1 aromatic carbocycles. The average molecular weight is 337 g/mol. The molecule has 1 aromatic rings. The standard InChI is InChI=1S/C18H28FN3O2/c1-3-21-9-11-22(12-10-21)8-4-7-20-18(23)14-15-5-6-17(24-2)16(19)13-15/h5-6,13H,3-4,7-12,14H2,1-2H3,(H,20,23). The molecule has 2 rings (SSSR count). The molecule has 5 nitrogen and oxygen atoms in total. The van der Waals surface area contributed by atoms with Crippen LogP contribution in [-0.4, -0.2) is 68.6 Å². The summed E-state index contributed by atoms with van der Waals surface area (Å²) < 4.78 is 18.5. The van der Waals surface area contributed by atoms with Gasteiger partial charge in [0.05, 0.1) is 13.5 Å². The van der Waals surface area contributed by atoms with E-state index in [1.54, 1.807) is 12.1 Å². The highest BCUT2D eigenvalue weighted by Crippen LogP contribution is 2.17. The Morgan fingerprint density at radius 1 is 1.25 bits per heavy atom. The predicted molar refractivity (Wildman–Crippen MR) is 92.8 cm³/mol. The molecule has 1 N–H and O–H groups in total. The second-order valence-electron chi connectivity index (χ2n) is 6.13. The summed E-state index contributed by atoms with van der Waals surface area (Å²) in [6, 6.07) is 4.62. The number of benzene rings is 1. The van der Waals surface area contributed by atoms with Crippen LogP contribution in [0, 0.1) is 5.82 Å². The first-order valence-electron chi connectivity index (χ1n) is 8.66. The van der Waals surface area contributed by atoms with Gasteiger partial charge in [-0.3, -0.25) is 4.79 Å². The summed E-state index contributed by atoms with van der Waals surface area (Å²) in [5, 5.41) is 2.91. The molecule has 6 heteroatoms. The van der Waals surface area contributed by atoms with Crippen LogP contribution in [0.4, 0.5) is 4.39 Å². The Labute approximate surface area is 143 Å². The van der Waals surface area contributed by atoms with Gasteiger partial charge >= 0.3 is 0 Å². The van der Waals surface area contributed by atoms with Gasteiger partial charge in [0, 0.05) is 32.7 Å². The van der Waals surface area contributed by atoms with Gasteiger partial charge in [-0.1, -0.05) is 13.0 Å². The number of halogens is 1. The van der Waals surface area contributed by atoms with Crippen LogP contribution in [0.2, 0.25) is 0 Å². The highest BCUT2D eigenvalue weighted by atomic mass is 19.1. The minimum Gasteiger partial charge on any atom is -0.494 e. The molecule has 1 saturated heterocycles. The molecule has 0 unspecified atom stereocenters. The third kappa shape index (κ3) is 5.76. The van der Waals surface area contributed by atoms with Crippen LogP contribution < -0.4 is 10.1 Å². The summed E-state index contributed by atoms with van der Waals surface area (Å²) in [5.41, 5.74) is 0.654. The van der Waals surface area contributed by atoms with E-state index in [1.165, 1.54) is 13.2 Å². The van der Waals surface area contributed by atoms with Crippen molar-refractivity contribution in [1.29, 1.82) is 0 Å². The number of nitrogens with one attached hydrogen (secondary N) is 1. The summed E-state index contributed by atoms with van der Waals surface area (Å²) in [6.07, 6.45) is 1.13. The number of ether oxygens (including phenoxy) is 1. The number of rotatable bonds is 8. The van der Waals surface area contributed by atoms with Gasteiger partial charge in [-0.05, 0) is 37.2 Å². The molecule has 1 aliphatic rings. The minimum absolute atomic E-state index is 0.0737. The third-order valence-corrected chi connectivity index (χ3v) is 4.47. The number of piperazine rings is 1. The second-order valence-corrected chi connectivity index (χ2v) is 6.13. The fraction of sp³-hybridized carbons (Fsp3) is 0.611. The third-order valence-electron chi connectivity index (χ3n) is 4.47. The van der Waals surface area contributed by atoms with Crippen LogP contribution in [0.3, 0.4) is 0 Å². The van der Waals surface area contributed by atoms with E-state index < -0.39 is 5.82 Å². The van der Waals surface area contributed by atoms with E-state index in [-0.39, 0.29) is 18.1 Å². The fourth-order valence-corrected chi connectivity index (χ4v) is 2.93. The van der Waals surface area contributed by atoms with Gasteiger partial charge in [0.15, 0.2) is 11.6 Å². The van der Waals surface area contributed by atoms with Crippen molar-refractivity contribution in [1.82, 2.24) is 15.1 Å². The molecule has 0 saturated carbocycles. The van der Waals surface area contributed by atoms with Gasteiger partial charge in [0.2, 0.25) is 5.91 Å². The van der Waals surface area contributed by atoms with Gasteiger partial charge in [-0.2, -0.15) is 0 Å². The lowest BCUT2D eigenvalue weighted by Crippen LogP contribution is -2.46. The zero-order valence-corrected chi connectivity index (χ0v) is 14.7. The van der Waals surface area contributed by atoms with Gasteiger partial charge < -0.3 is 19.9 Å². The van der Waals surface area contributed by atoms with Crippen LogP contribution >= 0.6 is 0 Å². The Bertz CT molecular complexity index is 531.